The molecule has 0 aromatic heterocycles. The fraction of sp³-hybridized carbons (Fsp3) is 1.00. The third kappa shape index (κ3) is 1.82. The Morgan fingerprint density at radius 2 is 1.58 bits per heavy atom. The number of rotatable bonds is 0. The molecule has 1 aliphatic rings. The van der Waals surface area contributed by atoms with Gasteiger partial charge in [0.15, 0.2) is 0 Å². The largest absolute Gasteiger partial charge is 0.307 e. The van der Waals surface area contributed by atoms with E-state index >= 15 is 0 Å². The SMILES string of the molecule is CC1CC(C)(C)NC(C)(C)C1C. The minimum absolute atomic E-state index is 0.293. The van der Waals surface area contributed by atoms with Gasteiger partial charge in [-0.25, -0.2) is 0 Å². The standard InChI is InChI=1S/C11H23N/c1-8-7-10(3,4)12-11(5,6)9(8)2/h8-9,12H,7H2,1-6H3. The van der Waals surface area contributed by atoms with E-state index in [1.807, 2.05) is 0 Å². The monoisotopic (exact) mass is 169 g/mol. The van der Waals surface area contributed by atoms with Gasteiger partial charge in [-0.15, -0.1) is 0 Å². The van der Waals surface area contributed by atoms with Crippen molar-refractivity contribution in [2.75, 3.05) is 0 Å². The molecule has 2 atom stereocenters. The van der Waals surface area contributed by atoms with Gasteiger partial charge in [-0.1, -0.05) is 13.8 Å². The molecule has 0 spiro atoms. The molecule has 0 amide bonds. The molecule has 1 aliphatic heterocycles. The molecule has 1 saturated heterocycles. The molecule has 0 aromatic carbocycles. The Labute approximate surface area is 76.9 Å². The van der Waals surface area contributed by atoms with Crippen LogP contribution in [-0.4, -0.2) is 11.1 Å². The lowest BCUT2D eigenvalue weighted by molar-refractivity contribution is 0.0734. The molecule has 0 aliphatic carbocycles. The fourth-order valence-electron chi connectivity index (χ4n) is 2.73. The minimum atomic E-state index is 0.293. The summed E-state index contributed by atoms with van der Waals surface area (Å²) in [6.45, 7) is 14.0. The molecule has 1 rings (SSSR count). The normalized spacial score (nSPS) is 39.5. The smallest absolute Gasteiger partial charge is 0.0158 e. The van der Waals surface area contributed by atoms with Gasteiger partial charge in [-0.3, -0.25) is 0 Å². The van der Waals surface area contributed by atoms with E-state index in [0.717, 1.165) is 11.8 Å². The van der Waals surface area contributed by atoms with Crippen LogP contribution in [0.5, 0.6) is 0 Å². The topological polar surface area (TPSA) is 12.0 Å². The number of hydrogen-bond acceptors (Lipinski definition) is 1. The van der Waals surface area contributed by atoms with Crippen LogP contribution >= 0.6 is 0 Å². The summed E-state index contributed by atoms with van der Waals surface area (Å²) in [6, 6.07) is 0. The Morgan fingerprint density at radius 3 is 2.00 bits per heavy atom. The van der Waals surface area contributed by atoms with Crippen LogP contribution < -0.4 is 5.32 Å². The summed E-state index contributed by atoms with van der Waals surface area (Å²) in [5, 5.41) is 3.71. The summed E-state index contributed by atoms with van der Waals surface area (Å²) in [6.07, 6.45) is 1.29. The molecule has 12 heavy (non-hydrogen) atoms. The maximum Gasteiger partial charge on any atom is 0.0158 e. The highest BCUT2D eigenvalue weighted by Crippen LogP contribution is 2.36. The maximum absolute atomic E-state index is 3.71. The molecule has 2 unspecified atom stereocenters. The summed E-state index contributed by atoms with van der Waals surface area (Å²) >= 11 is 0. The molecule has 0 bridgehead atoms. The number of hydrogen-bond donors (Lipinski definition) is 1. The highest BCUT2D eigenvalue weighted by atomic mass is 15.1. The Kier molecular flexibility index (Phi) is 2.28. The van der Waals surface area contributed by atoms with Crippen molar-refractivity contribution in [2.45, 2.75) is 59.0 Å². The summed E-state index contributed by atoms with van der Waals surface area (Å²) in [5.41, 5.74) is 0.608. The first kappa shape index (κ1) is 10.0. The summed E-state index contributed by atoms with van der Waals surface area (Å²) in [7, 11) is 0. The van der Waals surface area contributed by atoms with E-state index in [4.69, 9.17) is 0 Å². The maximum atomic E-state index is 3.71. The lowest BCUT2D eigenvalue weighted by atomic mass is 9.69. The van der Waals surface area contributed by atoms with Crippen molar-refractivity contribution in [1.82, 2.24) is 5.32 Å². The second-order valence-corrected chi connectivity index (χ2v) is 5.70. The summed E-state index contributed by atoms with van der Waals surface area (Å²) in [4.78, 5) is 0. The molecule has 0 saturated carbocycles. The Morgan fingerprint density at radius 1 is 1.08 bits per heavy atom. The van der Waals surface area contributed by atoms with Crippen molar-refractivity contribution in [1.29, 1.82) is 0 Å². The molecular weight excluding hydrogens is 146 g/mol. The lowest BCUT2D eigenvalue weighted by Crippen LogP contribution is -2.61. The Hall–Kier alpha value is -0.0400. The van der Waals surface area contributed by atoms with E-state index in [-0.39, 0.29) is 0 Å². The van der Waals surface area contributed by atoms with E-state index in [1.54, 1.807) is 0 Å². The van der Waals surface area contributed by atoms with Crippen molar-refractivity contribution in [3.8, 4) is 0 Å². The van der Waals surface area contributed by atoms with Gasteiger partial charge in [0.1, 0.15) is 0 Å². The van der Waals surface area contributed by atoms with Crippen molar-refractivity contribution in [3.63, 3.8) is 0 Å². The quantitative estimate of drug-likeness (QED) is 0.588. The van der Waals surface area contributed by atoms with Crippen LogP contribution in [-0.2, 0) is 0 Å². The van der Waals surface area contributed by atoms with E-state index in [9.17, 15) is 0 Å². The first-order valence-electron chi connectivity index (χ1n) is 5.04. The number of piperidine rings is 1. The van der Waals surface area contributed by atoms with Crippen LogP contribution in [0, 0.1) is 11.8 Å². The molecule has 1 fully saturated rings. The van der Waals surface area contributed by atoms with Gasteiger partial charge in [-0.05, 0) is 46.0 Å². The van der Waals surface area contributed by atoms with E-state index in [1.165, 1.54) is 6.42 Å². The predicted octanol–water partition coefficient (Wildman–Crippen LogP) is 2.81. The van der Waals surface area contributed by atoms with Gasteiger partial charge < -0.3 is 5.32 Å². The fourth-order valence-corrected chi connectivity index (χ4v) is 2.73. The second kappa shape index (κ2) is 2.73. The minimum Gasteiger partial charge on any atom is -0.307 e. The average molecular weight is 169 g/mol. The van der Waals surface area contributed by atoms with Crippen LogP contribution in [0.25, 0.3) is 0 Å². The van der Waals surface area contributed by atoms with Crippen LogP contribution in [0.3, 0.4) is 0 Å². The Bertz CT molecular complexity index is 170. The zero-order valence-corrected chi connectivity index (χ0v) is 9.36. The third-order valence-corrected chi connectivity index (χ3v) is 3.48. The molecule has 1 heterocycles. The van der Waals surface area contributed by atoms with E-state index in [2.05, 4.69) is 46.9 Å². The highest BCUT2D eigenvalue weighted by molar-refractivity contribution is 4.99. The second-order valence-electron chi connectivity index (χ2n) is 5.70. The third-order valence-electron chi connectivity index (χ3n) is 3.48. The summed E-state index contributed by atoms with van der Waals surface area (Å²) in [5.74, 6) is 1.60. The molecular formula is C11H23N. The first-order valence-corrected chi connectivity index (χ1v) is 5.04. The predicted molar refractivity (Wildman–Crippen MR) is 54.2 cm³/mol. The van der Waals surface area contributed by atoms with Crippen LogP contribution in [0.2, 0.25) is 0 Å². The van der Waals surface area contributed by atoms with Crippen molar-refractivity contribution in [3.05, 3.63) is 0 Å². The Balaban J connectivity index is 2.80. The van der Waals surface area contributed by atoms with E-state index in [0.29, 0.717) is 11.1 Å². The highest BCUT2D eigenvalue weighted by Gasteiger charge is 2.41. The van der Waals surface area contributed by atoms with Gasteiger partial charge >= 0.3 is 0 Å². The van der Waals surface area contributed by atoms with Gasteiger partial charge in [0.2, 0.25) is 0 Å². The molecule has 1 heteroatoms. The van der Waals surface area contributed by atoms with Crippen LogP contribution in [0.4, 0.5) is 0 Å². The molecule has 0 aromatic rings. The molecule has 1 nitrogen and oxygen atoms in total. The van der Waals surface area contributed by atoms with Gasteiger partial charge in [-0.2, -0.15) is 0 Å². The zero-order valence-electron chi connectivity index (χ0n) is 9.36. The molecule has 0 radical (unpaired) electrons. The molecule has 72 valence electrons. The number of nitrogens with one attached hydrogen (secondary N) is 1. The van der Waals surface area contributed by atoms with Crippen LogP contribution in [0.15, 0.2) is 0 Å². The van der Waals surface area contributed by atoms with Crippen molar-refractivity contribution in [2.24, 2.45) is 11.8 Å². The lowest BCUT2D eigenvalue weighted by Gasteiger charge is -2.50. The summed E-state index contributed by atoms with van der Waals surface area (Å²) < 4.78 is 0. The van der Waals surface area contributed by atoms with E-state index < -0.39 is 0 Å². The van der Waals surface area contributed by atoms with Gasteiger partial charge in [0.05, 0.1) is 0 Å². The zero-order chi connectivity index (χ0) is 9.57. The van der Waals surface area contributed by atoms with Gasteiger partial charge in [0, 0.05) is 11.1 Å². The van der Waals surface area contributed by atoms with Crippen molar-refractivity contribution >= 4 is 0 Å². The van der Waals surface area contributed by atoms with Crippen molar-refractivity contribution < 1.29 is 0 Å². The van der Waals surface area contributed by atoms with Gasteiger partial charge in [0.25, 0.3) is 0 Å². The molecule has 1 N–H and O–H groups in total. The average Bonchev–Trinajstić information content (AvgIpc) is 1.79. The van der Waals surface area contributed by atoms with Crippen LogP contribution in [0.1, 0.15) is 48.0 Å². The first-order chi connectivity index (χ1) is 5.25.